The third kappa shape index (κ3) is 3.52. The number of thiazole rings is 1. The van der Waals surface area contributed by atoms with Crippen molar-refractivity contribution in [1.82, 2.24) is 29.6 Å². The molecule has 4 rings (SSSR count). The molecule has 0 unspecified atom stereocenters. The van der Waals surface area contributed by atoms with E-state index in [2.05, 4.69) is 20.4 Å². The summed E-state index contributed by atoms with van der Waals surface area (Å²) in [6.45, 7) is 0.00345. The van der Waals surface area contributed by atoms with Crippen LogP contribution in [-0.4, -0.2) is 36.2 Å². The molecule has 0 atom stereocenters. The number of rotatable bonds is 5. The van der Waals surface area contributed by atoms with Crippen molar-refractivity contribution in [2.45, 2.75) is 6.54 Å². The van der Waals surface area contributed by atoms with E-state index in [9.17, 15) is 9.18 Å². The van der Waals surface area contributed by atoms with Gasteiger partial charge < -0.3 is 5.73 Å². The van der Waals surface area contributed by atoms with Crippen LogP contribution in [-0.2, 0) is 6.54 Å². The van der Waals surface area contributed by atoms with Crippen LogP contribution in [0.3, 0.4) is 0 Å². The third-order valence-electron chi connectivity index (χ3n) is 3.74. The Morgan fingerprint density at radius 2 is 2.15 bits per heavy atom. The molecule has 3 heterocycles. The van der Waals surface area contributed by atoms with Gasteiger partial charge in [-0.2, -0.15) is 5.10 Å². The van der Waals surface area contributed by atoms with Crippen molar-refractivity contribution in [3.05, 3.63) is 53.1 Å². The van der Waals surface area contributed by atoms with Gasteiger partial charge in [0.25, 0.3) is 0 Å². The highest BCUT2D eigenvalue weighted by Gasteiger charge is 2.13. The lowest BCUT2D eigenvalue weighted by molar-refractivity contribution is 0.315. The summed E-state index contributed by atoms with van der Waals surface area (Å²) in [6.07, 6.45) is 3.40. The second-order valence-corrected chi connectivity index (χ2v) is 6.40. The minimum Gasteiger partial charge on any atom is -0.327 e. The molecule has 0 saturated carbocycles. The summed E-state index contributed by atoms with van der Waals surface area (Å²) in [5, 5.41) is 12.0. The maximum absolute atomic E-state index is 12.7. The molecule has 0 aliphatic rings. The number of nitrogens with zero attached hydrogens (tertiary/aromatic N) is 6. The van der Waals surface area contributed by atoms with E-state index in [-0.39, 0.29) is 31.1 Å². The molecule has 4 aromatic rings. The molecule has 0 fully saturated rings. The third-order valence-corrected chi connectivity index (χ3v) is 4.79. The van der Waals surface area contributed by atoms with Gasteiger partial charge in [-0.05, 0) is 33.6 Å². The number of halogens is 2. The number of benzene rings is 1. The highest BCUT2D eigenvalue weighted by molar-refractivity contribution is 7.17. The molecule has 0 aliphatic heterocycles. The molecular weight excluding hydrogens is 397 g/mol. The van der Waals surface area contributed by atoms with Gasteiger partial charge in [0.15, 0.2) is 5.13 Å². The molecule has 1 aromatic carbocycles. The van der Waals surface area contributed by atoms with E-state index in [0.717, 1.165) is 15.1 Å². The summed E-state index contributed by atoms with van der Waals surface area (Å²) in [5.41, 5.74) is 7.43. The largest absolute Gasteiger partial charge is 0.352 e. The number of nitrogens with two attached hydrogens (primary N) is 1. The summed E-state index contributed by atoms with van der Waals surface area (Å²) in [5.74, 6) is 0. The summed E-state index contributed by atoms with van der Waals surface area (Å²) >= 11 is 1.31. The number of hydrogen-bond donors (Lipinski definition) is 1. The van der Waals surface area contributed by atoms with Gasteiger partial charge in [-0.1, -0.05) is 17.4 Å². The maximum atomic E-state index is 12.7. The molecule has 12 heteroatoms. The lowest BCUT2D eigenvalue weighted by Crippen LogP contribution is -2.25. The lowest BCUT2D eigenvalue weighted by atomic mass is 10.2. The average molecular weight is 410 g/mol. The Kier molecular flexibility index (Phi) is 5.44. The molecule has 3 aromatic heterocycles. The van der Waals surface area contributed by atoms with Crippen LogP contribution in [0.4, 0.5) is 4.39 Å². The standard InChI is InChI=1S/C15H12FN7O2S.ClH/c16-4-9(5-17)7-23-15(24)22(8-19-23)14-18-6-13(26-14)10-1-2-11-12(3-10)21-25-20-11;/h1-4,6,8H,5,7,17H2;1H/b9-4-;. The molecular formula is C15H13ClFN7O2S. The van der Waals surface area contributed by atoms with Crippen LogP contribution in [0.5, 0.6) is 0 Å². The zero-order chi connectivity index (χ0) is 18.1. The monoisotopic (exact) mass is 409 g/mol. The molecule has 140 valence electrons. The topological polar surface area (TPSA) is 118 Å². The van der Waals surface area contributed by atoms with Crippen LogP contribution in [0, 0.1) is 0 Å². The van der Waals surface area contributed by atoms with Gasteiger partial charge in [0, 0.05) is 12.7 Å². The summed E-state index contributed by atoms with van der Waals surface area (Å²) < 4.78 is 19.8. The molecule has 27 heavy (non-hydrogen) atoms. The molecule has 0 saturated heterocycles. The van der Waals surface area contributed by atoms with E-state index in [1.54, 1.807) is 12.3 Å². The first kappa shape index (κ1) is 18.9. The number of hydrogen-bond acceptors (Lipinski definition) is 8. The van der Waals surface area contributed by atoms with Gasteiger partial charge in [0.2, 0.25) is 0 Å². The van der Waals surface area contributed by atoms with Gasteiger partial charge in [-0.15, -0.1) is 12.4 Å². The van der Waals surface area contributed by atoms with Gasteiger partial charge in [-0.3, -0.25) is 0 Å². The second-order valence-electron chi connectivity index (χ2n) is 5.39. The number of aromatic nitrogens is 6. The zero-order valence-electron chi connectivity index (χ0n) is 13.6. The van der Waals surface area contributed by atoms with E-state index in [1.165, 1.54) is 22.2 Å². The van der Waals surface area contributed by atoms with Crippen molar-refractivity contribution < 1.29 is 9.02 Å². The van der Waals surface area contributed by atoms with Crippen LogP contribution in [0.1, 0.15) is 0 Å². The second kappa shape index (κ2) is 7.78. The highest BCUT2D eigenvalue weighted by atomic mass is 35.5. The maximum Gasteiger partial charge on any atom is 0.352 e. The van der Waals surface area contributed by atoms with Crippen molar-refractivity contribution in [3.8, 4) is 15.6 Å². The van der Waals surface area contributed by atoms with E-state index < -0.39 is 5.69 Å². The fourth-order valence-corrected chi connectivity index (χ4v) is 3.23. The molecule has 0 radical (unpaired) electrons. The SMILES string of the molecule is Cl.NC/C(=C/F)Cn1ncn(-c2ncc(-c3ccc4nonc4c3)s2)c1=O. The quantitative estimate of drug-likeness (QED) is 0.535. The Labute approximate surface area is 161 Å². The van der Waals surface area contributed by atoms with Crippen LogP contribution in [0.2, 0.25) is 0 Å². The Hall–Kier alpha value is -2.89. The van der Waals surface area contributed by atoms with Crippen molar-refractivity contribution in [1.29, 1.82) is 0 Å². The Morgan fingerprint density at radius 1 is 1.33 bits per heavy atom. The minimum atomic E-state index is -0.421. The van der Waals surface area contributed by atoms with Crippen LogP contribution in [0.25, 0.3) is 26.6 Å². The van der Waals surface area contributed by atoms with Gasteiger partial charge in [0.1, 0.15) is 17.4 Å². The van der Waals surface area contributed by atoms with Crippen LogP contribution in [0.15, 0.2) is 52.0 Å². The summed E-state index contributed by atoms with van der Waals surface area (Å²) in [4.78, 5) is 17.6. The van der Waals surface area contributed by atoms with Crippen molar-refractivity contribution in [3.63, 3.8) is 0 Å². The van der Waals surface area contributed by atoms with Crippen LogP contribution >= 0.6 is 23.7 Å². The number of fused-ring (bicyclic) bond motifs is 1. The molecule has 0 amide bonds. The Balaban J connectivity index is 0.00000210. The fourth-order valence-electron chi connectivity index (χ4n) is 2.36. The summed E-state index contributed by atoms with van der Waals surface area (Å²) in [7, 11) is 0. The predicted molar refractivity (Wildman–Crippen MR) is 99.8 cm³/mol. The van der Waals surface area contributed by atoms with Crippen molar-refractivity contribution in [2.75, 3.05) is 6.54 Å². The lowest BCUT2D eigenvalue weighted by Gasteiger charge is -2.00. The molecule has 0 aliphatic carbocycles. The van der Waals surface area contributed by atoms with Crippen LogP contribution < -0.4 is 11.4 Å². The van der Waals surface area contributed by atoms with E-state index in [4.69, 9.17) is 10.4 Å². The van der Waals surface area contributed by atoms with Crippen molar-refractivity contribution in [2.24, 2.45) is 5.73 Å². The molecule has 0 bridgehead atoms. The summed E-state index contributed by atoms with van der Waals surface area (Å²) in [6, 6.07) is 5.49. The minimum absolute atomic E-state index is 0. The van der Waals surface area contributed by atoms with Gasteiger partial charge in [0.05, 0.1) is 17.8 Å². The molecule has 9 nitrogen and oxygen atoms in total. The molecule has 2 N–H and O–H groups in total. The predicted octanol–water partition coefficient (Wildman–Crippen LogP) is 1.93. The van der Waals surface area contributed by atoms with E-state index >= 15 is 0 Å². The van der Waals surface area contributed by atoms with Crippen molar-refractivity contribution >= 4 is 34.8 Å². The first-order chi connectivity index (χ1) is 12.7. The Morgan fingerprint density at radius 3 is 2.93 bits per heavy atom. The first-order valence-electron chi connectivity index (χ1n) is 7.51. The fraction of sp³-hybridized carbons (Fsp3) is 0.133. The Bertz CT molecular complexity index is 1160. The normalized spacial score (nSPS) is 11.7. The zero-order valence-corrected chi connectivity index (χ0v) is 15.3. The first-order valence-corrected chi connectivity index (χ1v) is 8.33. The smallest absolute Gasteiger partial charge is 0.327 e. The van der Waals surface area contributed by atoms with E-state index in [0.29, 0.717) is 22.5 Å². The highest BCUT2D eigenvalue weighted by Crippen LogP contribution is 2.29. The average Bonchev–Trinajstić information content (AvgIpc) is 3.39. The molecule has 0 spiro atoms. The van der Waals surface area contributed by atoms with Gasteiger partial charge >= 0.3 is 5.69 Å². The van der Waals surface area contributed by atoms with Gasteiger partial charge in [-0.25, -0.2) is 28.0 Å². The van der Waals surface area contributed by atoms with E-state index in [1.807, 2.05) is 12.1 Å².